The van der Waals surface area contributed by atoms with E-state index < -0.39 is 10.8 Å². The zero-order valence-electron chi connectivity index (χ0n) is 9.91. The molecular weight excluding hydrogens is 252 g/mol. The summed E-state index contributed by atoms with van der Waals surface area (Å²) in [4.78, 5) is 25.7. The van der Waals surface area contributed by atoms with Gasteiger partial charge in [0.2, 0.25) is 0 Å². The number of aryl methyl sites for hydroxylation is 1. The lowest BCUT2D eigenvalue weighted by molar-refractivity contribution is -0.383. The number of nitrogen functional groups attached to an aromatic ring is 1. The van der Waals surface area contributed by atoms with E-state index in [2.05, 4.69) is 10.3 Å². The Balaban J connectivity index is 2.20. The third-order valence-electron chi connectivity index (χ3n) is 2.33. The van der Waals surface area contributed by atoms with Gasteiger partial charge in [-0.15, -0.1) is 0 Å². The van der Waals surface area contributed by atoms with Crippen LogP contribution in [0.15, 0.2) is 28.9 Å². The van der Waals surface area contributed by atoms with Crippen LogP contribution in [0.2, 0.25) is 0 Å². The van der Waals surface area contributed by atoms with Gasteiger partial charge in [0.05, 0.1) is 10.6 Å². The smallest absolute Gasteiger partial charge is 0.301 e. The molecule has 2 aromatic rings. The molecule has 1 aromatic heterocycles. The highest BCUT2D eigenvalue weighted by Gasteiger charge is 2.15. The van der Waals surface area contributed by atoms with Gasteiger partial charge in [-0.2, -0.15) is 4.98 Å². The number of carbonyl (C=O) groups is 1. The number of anilines is 2. The number of hydrogen-bond donors (Lipinski definition) is 2. The van der Waals surface area contributed by atoms with Crippen molar-refractivity contribution in [3.63, 3.8) is 0 Å². The summed E-state index contributed by atoms with van der Waals surface area (Å²) in [6, 6.07) is 3.76. The molecule has 0 radical (unpaired) electrons. The maximum atomic E-state index is 11.8. The Morgan fingerprint density at radius 2 is 2.26 bits per heavy atom. The molecule has 0 fully saturated rings. The number of nitrogens with one attached hydrogen (secondary N) is 1. The van der Waals surface area contributed by atoms with Gasteiger partial charge < -0.3 is 10.2 Å². The molecule has 1 heterocycles. The van der Waals surface area contributed by atoms with Crippen molar-refractivity contribution < 1.29 is 14.1 Å². The number of amides is 1. The van der Waals surface area contributed by atoms with Gasteiger partial charge in [0.25, 0.3) is 11.6 Å². The lowest BCUT2D eigenvalue weighted by Crippen LogP contribution is -2.12. The van der Waals surface area contributed by atoms with Crippen molar-refractivity contribution in [3.05, 3.63) is 45.8 Å². The van der Waals surface area contributed by atoms with Gasteiger partial charge in [0, 0.05) is 11.6 Å². The Bertz CT molecular complexity index is 650. The maximum Gasteiger partial charge on any atom is 0.301 e. The first-order valence-electron chi connectivity index (χ1n) is 5.25. The predicted molar refractivity (Wildman–Crippen MR) is 66.7 cm³/mol. The Morgan fingerprint density at radius 1 is 1.53 bits per heavy atom. The van der Waals surface area contributed by atoms with E-state index in [0.717, 1.165) is 0 Å². The molecule has 0 aliphatic carbocycles. The van der Waals surface area contributed by atoms with Gasteiger partial charge >= 0.3 is 6.01 Å². The molecule has 0 bridgehead atoms. The first-order valence-corrected chi connectivity index (χ1v) is 5.25. The molecule has 19 heavy (non-hydrogen) atoms. The molecule has 98 valence electrons. The first-order chi connectivity index (χ1) is 8.97. The number of nitrogens with zero attached hydrogens (tertiary/aromatic N) is 2. The van der Waals surface area contributed by atoms with Crippen LogP contribution in [-0.2, 0) is 0 Å². The topological polar surface area (TPSA) is 124 Å². The van der Waals surface area contributed by atoms with Crippen molar-refractivity contribution in [2.75, 3.05) is 11.1 Å². The van der Waals surface area contributed by atoms with E-state index in [1.54, 1.807) is 6.92 Å². The lowest BCUT2D eigenvalue weighted by atomic mass is 10.1. The number of oxazole rings is 1. The summed E-state index contributed by atoms with van der Waals surface area (Å²) in [6.45, 7) is 1.71. The Morgan fingerprint density at radius 3 is 2.79 bits per heavy atom. The first kappa shape index (κ1) is 12.6. The highest BCUT2D eigenvalue weighted by Crippen LogP contribution is 2.22. The standard InChI is InChI=1S/C11H10N4O4/c1-6-5-19-11(13-6)14-10(16)7-2-3-9(15(17)18)8(12)4-7/h2-5H,12H2,1H3,(H,13,14,16). The molecule has 0 spiro atoms. The van der Waals surface area contributed by atoms with Crippen molar-refractivity contribution in [1.29, 1.82) is 0 Å². The van der Waals surface area contributed by atoms with E-state index in [1.165, 1.54) is 24.5 Å². The maximum absolute atomic E-state index is 11.8. The largest absolute Gasteiger partial charge is 0.432 e. The number of hydrogen-bond acceptors (Lipinski definition) is 6. The molecule has 8 nitrogen and oxygen atoms in total. The van der Waals surface area contributed by atoms with Crippen LogP contribution in [0.25, 0.3) is 0 Å². The van der Waals surface area contributed by atoms with Crippen LogP contribution >= 0.6 is 0 Å². The SMILES string of the molecule is Cc1coc(NC(=O)c2ccc([N+](=O)[O-])c(N)c2)n1. The molecule has 0 atom stereocenters. The number of aromatic nitrogens is 1. The fourth-order valence-electron chi connectivity index (χ4n) is 1.44. The van der Waals surface area contributed by atoms with E-state index in [9.17, 15) is 14.9 Å². The summed E-state index contributed by atoms with van der Waals surface area (Å²) in [5, 5.41) is 13.0. The lowest BCUT2D eigenvalue weighted by Gasteiger charge is -2.02. The summed E-state index contributed by atoms with van der Waals surface area (Å²) in [5.74, 6) is -0.511. The predicted octanol–water partition coefficient (Wildman–Crippen LogP) is 1.73. The van der Waals surface area contributed by atoms with Crippen molar-refractivity contribution in [1.82, 2.24) is 4.98 Å². The highest BCUT2D eigenvalue weighted by atomic mass is 16.6. The van der Waals surface area contributed by atoms with E-state index in [4.69, 9.17) is 10.2 Å². The minimum absolute atomic E-state index is 0.0550. The van der Waals surface area contributed by atoms with E-state index in [-0.39, 0.29) is 23.0 Å². The summed E-state index contributed by atoms with van der Waals surface area (Å²) in [6.07, 6.45) is 1.39. The molecule has 2 rings (SSSR count). The second kappa shape index (κ2) is 4.77. The molecule has 0 saturated carbocycles. The number of carbonyl (C=O) groups excluding carboxylic acids is 1. The third kappa shape index (κ3) is 2.68. The van der Waals surface area contributed by atoms with Crippen LogP contribution in [-0.4, -0.2) is 15.8 Å². The third-order valence-corrected chi connectivity index (χ3v) is 2.33. The van der Waals surface area contributed by atoms with Gasteiger partial charge in [-0.1, -0.05) is 0 Å². The molecule has 0 unspecified atom stereocenters. The molecule has 1 aromatic carbocycles. The van der Waals surface area contributed by atoms with Gasteiger partial charge in [-0.05, 0) is 19.1 Å². The van der Waals surface area contributed by atoms with Crippen molar-refractivity contribution in [2.45, 2.75) is 6.92 Å². The van der Waals surface area contributed by atoms with Gasteiger partial charge in [0.15, 0.2) is 0 Å². The molecule has 0 saturated heterocycles. The molecule has 3 N–H and O–H groups in total. The van der Waals surface area contributed by atoms with Crippen LogP contribution in [0.1, 0.15) is 16.1 Å². The quantitative estimate of drug-likeness (QED) is 0.493. The van der Waals surface area contributed by atoms with Gasteiger partial charge in [-0.25, -0.2) is 0 Å². The summed E-state index contributed by atoms with van der Waals surface area (Å²) >= 11 is 0. The molecule has 0 aliphatic heterocycles. The Labute approximate surface area is 107 Å². The Hall–Kier alpha value is -2.90. The normalized spacial score (nSPS) is 10.2. The van der Waals surface area contributed by atoms with Crippen molar-refractivity contribution in [2.24, 2.45) is 0 Å². The van der Waals surface area contributed by atoms with Crippen LogP contribution in [0.4, 0.5) is 17.4 Å². The molecule has 8 heteroatoms. The van der Waals surface area contributed by atoms with E-state index >= 15 is 0 Å². The van der Waals surface area contributed by atoms with Gasteiger partial charge in [0.1, 0.15) is 12.0 Å². The summed E-state index contributed by atoms with van der Waals surface area (Å²) in [7, 11) is 0. The van der Waals surface area contributed by atoms with E-state index in [1.807, 2.05) is 0 Å². The fourth-order valence-corrected chi connectivity index (χ4v) is 1.44. The van der Waals surface area contributed by atoms with Gasteiger partial charge in [-0.3, -0.25) is 20.2 Å². The monoisotopic (exact) mass is 262 g/mol. The number of benzene rings is 1. The zero-order valence-corrected chi connectivity index (χ0v) is 9.91. The minimum atomic E-state index is -0.617. The summed E-state index contributed by atoms with van der Waals surface area (Å²) in [5.41, 5.74) is 5.97. The number of nitro benzene ring substituents is 1. The minimum Gasteiger partial charge on any atom is -0.432 e. The average molecular weight is 262 g/mol. The second-order valence-corrected chi connectivity index (χ2v) is 3.78. The number of rotatable bonds is 3. The molecule has 1 amide bonds. The van der Waals surface area contributed by atoms with Crippen LogP contribution in [0.3, 0.4) is 0 Å². The number of nitrogens with two attached hydrogens (primary N) is 1. The highest BCUT2D eigenvalue weighted by molar-refractivity contribution is 6.04. The fraction of sp³-hybridized carbons (Fsp3) is 0.0909. The van der Waals surface area contributed by atoms with Crippen molar-refractivity contribution in [3.8, 4) is 0 Å². The van der Waals surface area contributed by atoms with Crippen LogP contribution < -0.4 is 11.1 Å². The van der Waals surface area contributed by atoms with Crippen LogP contribution in [0.5, 0.6) is 0 Å². The van der Waals surface area contributed by atoms with Crippen molar-refractivity contribution >= 4 is 23.3 Å². The zero-order chi connectivity index (χ0) is 14.0. The summed E-state index contributed by atoms with van der Waals surface area (Å²) < 4.78 is 4.97. The Kier molecular flexibility index (Phi) is 3.15. The number of nitro groups is 1. The van der Waals surface area contributed by atoms with Crippen LogP contribution in [0, 0.1) is 17.0 Å². The molecular formula is C11H10N4O4. The molecule has 0 aliphatic rings. The second-order valence-electron chi connectivity index (χ2n) is 3.78. The average Bonchev–Trinajstić information content (AvgIpc) is 2.74. The van der Waals surface area contributed by atoms with E-state index in [0.29, 0.717) is 5.69 Å².